The van der Waals surface area contributed by atoms with Crippen molar-refractivity contribution < 1.29 is 28.2 Å². The summed E-state index contributed by atoms with van der Waals surface area (Å²) < 4.78 is 26.7. The van der Waals surface area contributed by atoms with Crippen molar-refractivity contribution in [3.63, 3.8) is 0 Å². The van der Waals surface area contributed by atoms with Crippen molar-refractivity contribution in [3.8, 4) is 5.75 Å². The van der Waals surface area contributed by atoms with Gasteiger partial charge in [-0.25, -0.2) is 17.9 Å². The molecular weight excluding hydrogens is 426 g/mol. The number of azo groups is 1. The molecule has 1 amide bonds. The highest BCUT2D eigenvalue weighted by molar-refractivity contribution is 7.90. The number of nitrogens with one attached hydrogen (secondary N) is 1. The summed E-state index contributed by atoms with van der Waals surface area (Å²) in [6.07, 6.45) is 1.62. The van der Waals surface area contributed by atoms with Crippen molar-refractivity contribution in [1.29, 1.82) is 0 Å². The smallest absolute Gasteiger partial charge is 0.339 e. The van der Waals surface area contributed by atoms with Gasteiger partial charge in [0.2, 0.25) is 0 Å². The second-order valence-corrected chi connectivity index (χ2v) is 8.24. The van der Waals surface area contributed by atoms with Crippen LogP contribution in [0.25, 0.3) is 0 Å². The van der Waals surface area contributed by atoms with Gasteiger partial charge in [0.05, 0.1) is 22.3 Å². The molecule has 0 aliphatic carbocycles. The maximum absolute atomic E-state index is 12.4. The van der Waals surface area contributed by atoms with Crippen LogP contribution >= 0.6 is 0 Å². The third kappa shape index (κ3) is 6.84. The Morgan fingerprint density at radius 2 is 1.65 bits per heavy atom. The number of carbonyl (C=O) groups is 2. The summed E-state index contributed by atoms with van der Waals surface area (Å²) in [5, 5.41) is 26.3. The first-order chi connectivity index (χ1) is 14.6. The SMILES string of the molecule is NCCCC[C@H](N)C(=O)NS(=O)(=O)c1ccc(N=Nc2ccc(O)c(C(=O)O)c2)cc1. The molecule has 0 saturated carbocycles. The lowest BCUT2D eigenvalue weighted by Gasteiger charge is -2.12. The Kier molecular flexibility index (Phi) is 8.19. The van der Waals surface area contributed by atoms with Crippen molar-refractivity contribution in [3.05, 3.63) is 48.0 Å². The van der Waals surface area contributed by atoms with E-state index in [1.165, 1.54) is 36.4 Å². The monoisotopic (exact) mass is 449 g/mol. The summed E-state index contributed by atoms with van der Waals surface area (Å²) >= 11 is 0. The van der Waals surface area contributed by atoms with Crippen molar-refractivity contribution in [2.75, 3.05) is 6.54 Å². The van der Waals surface area contributed by atoms with Gasteiger partial charge in [-0.1, -0.05) is 6.42 Å². The van der Waals surface area contributed by atoms with Crippen LogP contribution in [0.5, 0.6) is 5.75 Å². The number of rotatable bonds is 10. The number of aromatic hydroxyl groups is 1. The quantitative estimate of drug-likeness (QED) is 0.267. The third-order valence-electron chi connectivity index (χ3n) is 4.18. The van der Waals surface area contributed by atoms with Gasteiger partial charge in [0.1, 0.15) is 11.3 Å². The van der Waals surface area contributed by atoms with Gasteiger partial charge in [0.15, 0.2) is 0 Å². The number of benzene rings is 2. The molecule has 0 fully saturated rings. The molecule has 0 aliphatic heterocycles. The van der Waals surface area contributed by atoms with Gasteiger partial charge in [0.25, 0.3) is 15.9 Å². The molecule has 2 aromatic carbocycles. The van der Waals surface area contributed by atoms with Gasteiger partial charge in [0, 0.05) is 0 Å². The lowest BCUT2D eigenvalue weighted by molar-refractivity contribution is -0.120. The number of aromatic carboxylic acids is 1. The molecule has 31 heavy (non-hydrogen) atoms. The first-order valence-electron chi connectivity index (χ1n) is 9.24. The molecule has 12 heteroatoms. The molecule has 0 saturated heterocycles. The van der Waals surface area contributed by atoms with Crippen molar-refractivity contribution in [2.24, 2.45) is 21.7 Å². The van der Waals surface area contributed by atoms with Crippen LogP contribution in [0.15, 0.2) is 57.6 Å². The minimum absolute atomic E-state index is 0.160. The van der Waals surface area contributed by atoms with Gasteiger partial charge < -0.3 is 21.7 Å². The topological polar surface area (TPSA) is 198 Å². The number of nitrogens with zero attached hydrogens (tertiary/aromatic N) is 2. The van der Waals surface area contributed by atoms with E-state index in [9.17, 15) is 23.1 Å². The maximum Gasteiger partial charge on any atom is 0.339 e. The van der Waals surface area contributed by atoms with E-state index >= 15 is 0 Å². The van der Waals surface area contributed by atoms with Crippen LogP contribution in [-0.2, 0) is 14.8 Å². The van der Waals surface area contributed by atoms with E-state index in [0.717, 1.165) is 6.07 Å². The highest BCUT2D eigenvalue weighted by atomic mass is 32.2. The molecule has 166 valence electrons. The summed E-state index contributed by atoms with van der Waals surface area (Å²) in [4.78, 5) is 22.9. The Balaban J connectivity index is 2.07. The van der Waals surface area contributed by atoms with Crippen LogP contribution in [0.1, 0.15) is 29.6 Å². The third-order valence-corrected chi connectivity index (χ3v) is 5.54. The maximum atomic E-state index is 12.4. The zero-order valence-electron chi connectivity index (χ0n) is 16.4. The average molecular weight is 449 g/mol. The predicted molar refractivity (Wildman–Crippen MR) is 112 cm³/mol. The van der Waals surface area contributed by atoms with Crippen LogP contribution in [0.2, 0.25) is 0 Å². The van der Waals surface area contributed by atoms with E-state index < -0.39 is 33.7 Å². The predicted octanol–water partition coefficient (Wildman–Crippen LogP) is 1.77. The molecule has 0 bridgehead atoms. The van der Waals surface area contributed by atoms with Gasteiger partial charge in [-0.2, -0.15) is 10.2 Å². The first-order valence-corrected chi connectivity index (χ1v) is 10.7. The Labute approximate surface area is 178 Å². The summed E-state index contributed by atoms with van der Waals surface area (Å²) in [5.74, 6) is -2.52. The second-order valence-electron chi connectivity index (χ2n) is 6.56. The Hall–Kier alpha value is -3.35. The lowest BCUT2D eigenvalue weighted by atomic mass is 10.1. The van der Waals surface area contributed by atoms with Gasteiger partial charge in [-0.15, -0.1) is 0 Å². The standard InChI is InChI=1S/C19H23N5O6S/c20-10-2-1-3-16(21)18(26)24-31(29,30)14-7-4-12(5-8-14)22-23-13-6-9-17(25)15(11-13)19(27)28/h4-9,11,16,25H,1-3,10,20-21H2,(H,24,26)(H,27,28)/t16-/m0/s1. The van der Waals surface area contributed by atoms with E-state index in [0.29, 0.717) is 25.8 Å². The number of hydrogen-bond donors (Lipinski definition) is 5. The number of nitrogens with two attached hydrogens (primary N) is 2. The molecule has 1 atom stereocenters. The molecule has 2 rings (SSSR count). The van der Waals surface area contributed by atoms with E-state index in [-0.39, 0.29) is 21.8 Å². The number of carboxylic acids is 1. The van der Waals surface area contributed by atoms with E-state index in [4.69, 9.17) is 16.6 Å². The Morgan fingerprint density at radius 3 is 2.26 bits per heavy atom. The van der Waals surface area contributed by atoms with Crippen molar-refractivity contribution in [1.82, 2.24) is 4.72 Å². The van der Waals surface area contributed by atoms with Crippen molar-refractivity contribution in [2.45, 2.75) is 30.2 Å². The molecule has 0 aliphatic rings. The van der Waals surface area contributed by atoms with Crippen molar-refractivity contribution >= 4 is 33.3 Å². The highest BCUT2D eigenvalue weighted by Gasteiger charge is 2.21. The summed E-state index contributed by atoms with van der Waals surface area (Å²) in [7, 11) is -4.11. The van der Waals surface area contributed by atoms with Gasteiger partial charge >= 0.3 is 5.97 Å². The number of amides is 1. The van der Waals surface area contributed by atoms with Crippen LogP contribution in [0.4, 0.5) is 11.4 Å². The number of hydrogen-bond acceptors (Lipinski definition) is 9. The molecule has 0 spiro atoms. The van der Waals surface area contributed by atoms with Crippen LogP contribution in [0.3, 0.4) is 0 Å². The Bertz CT molecular complexity index is 1070. The van der Waals surface area contributed by atoms with E-state index in [2.05, 4.69) is 10.2 Å². The van der Waals surface area contributed by atoms with E-state index in [1.54, 1.807) is 0 Å². The lowest BCUT2D eigenvalue weighted by Crippen LogP contribution is -2.43. The molecule has 0 aromatic heterocycles. The number of phenols is 1. The van der Waals surface area contributed by atoms with Gasteiger partial charge in [-0.3, -0.25) is 4.79 Å². The fraction of sp³-hybridized carbons (Fsp3) is 0.263. The molecular formula is C19H23N5O6S. The van der Waals surface area contributed by atoms with Crippen LogP contribution in [-0.4, -0.2) is 43.1 Å². The zero-order valence-corrected chi connectivity index (χ0v) is 17.2. The molecule has 11 nitrogen and oxygen atoms in total. The average Bonchev–Trinajstić information content (AvgIpc) is 2.73. The number of carboxylic acid groups (broad SMARTS) is 1. The highest BCUT2D eigenvalue weighted by Crippen LogP contribution is 2.25. The fourth-order valence-electron chi connectivity index (χ4n) is 2.47. The summed E-state index contributed by atoms with van der Waals surface area (Å²) in [6.45, 7) is 0.462. The molecule has 0 unspecified atom stereocenters. The van der Waals surface area contributed by atoms with Crippen LogP contribution in [0, 0.1) is 0 Å². The summed E-state index contributed by atoms with van der Waals surface area (Å²) in [6, 6.07) is 7.94. The first kappa shape index (κ1) is 23.9. The Morgan fingerprint density at radius 1 is 1.03 bits per heavy atom. The molecule has 0 heterocycles. The second kappa shape index (κ2) is 10.6. The molecule has 0 radical (unpaired) electrons. The largest absolute Gasteiger partial charge is 0.507 e. The van der Waals surface area contributed by atoms with Gasteiger partial charge in [-0.05, 0) is 61.9 Å². The summed E-state index contributed by atoms with van der Waals surface area (Å²) in [5.41, 5.74) is 11.2. The molecule has 7 N–H and O–H groups in total. The zero-order chi connectivity index (χ0) is 23.0. The van der Waals surface area contributed by atoms with Crippen LogP contribution < -0.4 is 16.2 Å². The normalized spacial score (nSPS) is 12.6. The molecule has 2 aromatic rings. The minimum atomic E-state index is -4.11. The number of carbonyl (C=O) groups excluding carboxylic acids is 1. The fourth-order valence-corrected chi connectivity index (χ4v) is 3.50. The number of unbranched alkanes of at least 4 members (excludes halogenated alkanes) is 1. The minimum Gasteiger partial charge on any atom is -0.507 e. The number of sulfonamides is 1. The van der Waals surface area contributed by atoms with E-state index in [1.807, 2.05) is 4.72 Å².